The Morgan fingerprint density at radius 1 is 1.35 bits per heavy atom. The number of amides is 1. The molecule has 1 aromatic rings. The summed E-state index contributed by atoms with van der Waals surface area (Å²) in [7, 11) is 1.64. The van der Waals surface area contributed by atoms with Gasteiger partial charge < -0.3 is 20.1 Å². The first-order chi connectivity index (χ1) is 10.8. The minimum absolute atomic E-state index is 0.0725. The number of methoxy groups -OCH3 is 1. The summed E-state index contributed by atoms with van der Waals surface area (Å²) in [6, 6.07) is 0.258. The number of aromatic nitrogens is 1. The molecule has 0 spiro atoms. The van der Waals surface area contributed by atoms with Crippen molar-refractivity contribution in [1.29, 1.82) is 0 Å². The zero-order chi connectivity index (χ0) is 17.3. The number of nitrogens with one attached hydrogen (secondary N) is 2. The molecule has 7 heteroatoms. The predicted molar refractivity (Wildman–Crippen MR) is 86.0 cm³/mol. The van der Waals surface area contributed by atoms with Crippen molar-refractivity contribution in [1.82, 2.24) is 15.2 Å². The van der Waals surface area contributed by atoms with E-state index in [4.69, 9.17) is 4.74 Å². The molecule has 7 nitrogen and oxygen atoms in total. The summed E-state index contributed by atoms with van der Waals surface area (Å²) in [6.07, 6.45) is -0.0725. The number of carbonyl (C=O) groups excluding carboxylic acids is 1. The van der Waals surface area contributed by atoms with Crippen molar-refractivity contribution in [2.24, 2.45) is 0 Å². The number of carboxylic acids is 1. The van der Waals surface area contributed by atoms with Gasteiger partial charge in [-0.3, -0.25) is 9.69 Å². The molecule has 23 heavy (non-hydrogen) atoms. The molecule has 128 valence electrons. The third-order valence-electron chi connectivity index (χ3n) is 4.52. The zero-order valence-corrected chi connectivity index (χ0v) is 14.3. The molecular weight excluding hydrogens is 298 g/mol. The predicted octanol–water partition coefficient (Wildman–Crippen LogP) is 1.17. The van der Waals surface area contributed by atoms with Gasteiger partial charge in [0.1, 0.15) is 5.69 Å². The number of H-pyrrole nitrogens is 1. The highest BCUT2D eigenvalue weighted by Gasteiger charge is 2.35. The summed E-state index contributed by atoms with van der Waals surface area (Å²) in [6.45, 7) is 8.99. The van der Waals surface area contributed by atoms with Crippen LogP contribution in [0.5, 0.6) is 0 Å². The third-order valence-corrected chi connectivity index (χ3v) is 4.52. The van der Waals surface area contributed by atoms with Gasteiger partial charge in [-0.15, -0.1) is 0 Å². The molecular formula is C16H25N3O4. The second-order valence-corrected chi connectivity index (χ2v) is 6.33. The fourth-order valence-electron chi connectivity index (χ4n) is 3.14. The van der Waals surface area contributed by atoms with Gasteiger partial charge in [0, 0.05) is 31.9 Å². The largest absolute Gasteiger partial charge is 0.478 e. The van der Waals surface area contributed by atoms with Gasteiger partial charge in [0.25, 0.3) is 5.91 Å². The van der Waals surface area contributed by atoms with Gasteiger partial charge in [-0.1, -0.05) is 0 Å². The number of likely N-dealkylation sites (tertiary alicyclic amines) is 1. The number of nitrogens with zero attached hydrogens (tertiary/aromatic N) is 1. The summed E-state index contributed by atoms with van der Waals surface area (Å²) in [5.74, 6) is -1.33. The van der Waals surface area contributed by atoms with Crippen molar-refractivity contribution in [2.45, 2.75) is 45.9 Å². The van der Waals surface area contributed by atoms with Crippen LogP contribution in [0.1, 0.15) is 46.0 Å². The first-order valence-electron chi connectivity index (χ1n) is 7.76. The van der Waals surface area contributed by atoms with E-state index in [9.17, 15) is 14.7 Å². The van der Waals surface area contributed by atoms with E-state index >= 15 is 0 Å². The molecule has 1 aliphatic rings. The lowest BCUT2D eigenvalue weighted by Crippen LogP contribution is -2.44. The first-order valence-corrected chi connectivity index (χ1v) is 7.76. The van der Waals surface area contributed by atoms with E-state index < -0.39 is 5.97 Å². The average Bonchev–Trinajstić information content (AvgIpc) is 2.99. The summed E-state index contributed by atoms with van der Waals surface area (Å²) in [4.78, 5) is 28.9. The smallest absolute Gasteiger partial charge is 0.337 e. The van der Waals surface area contributed by atoms with E-state index in [0.717, 1.165) is 6.54 Å². The minimum Gasteiger partial charge on any atom is -0.478 e. The number of ether oxygens (including phenoxy) is 1. The number of carboxylic acid groups (broad SMARTS) is 1. The Hall–Kier alpha value is -1.86. The van der Waals surface area contributed by atoms with E-state index in [-0.39, 0.29) is 23.6 Å². The molecule has 0 aromatic carbocycles. The highest BCUT2D eigenvalue weighted by molar-refractivity contribution is 6.00. The fourth-order valence-corrected chi connectivity index (χ4v) is 3.14. The Kier molecular flexibility index (Phi) is 5.11. The molecule has 1 aromatic heterocycles. The second-order valence-electron chi connectivity index (χ2n) is 6.33. The molecule has 1 amide bonds. The van der Waals surface area contributed by atoms with Crippen LogP contribution >= 0.6 is 0 Å². The van der Waals surface area contributed by atoms with Crippen molar-refractivity contribution < 1.29 is 19.4 Å². The van der Waals surface area contributed by atoms with Gasteiger partial charge in [-0.25, -0.2) is 4.79 Å². The van der Waals surface area contributed by atoms with Gasteiger partial charge in [0.15, 0.2) is 0 Å². The molecule has 1 saturated heterocycles. The highest BCUT2D eigenvalue weighted by Crippen LogP contribution is 2.20. The van der Waals surface area contributed by atoms with Gasteiger partial charge in [0.2, 0.25) is 0 Å². The molecule has 0 unspecified atom stereocenters. The van der Waals surface area contributed by atoms with Crippen LogP contribution in [0, 0.1) is 13.8 Å². The number of rotatable bonds is 5. The summed E-state index contributed by atoms with van der Waals surface area (Å²) < 4.78 is 5.48. The molecule has 3 N–H and O–H groups in total. The van der Waals surface area contributed by atoms with Crippen LogP contribution in [0.25, 0.3) is 0 Å². The Morgan fingerprint density at radius 2 is 2.00 bits per heavy atom. The van der Waals surface area contributed by atoms with Gasteiger partial charge in [0.05, 0.1) is 17.7 Å². The Morgan fingerprint density at radius 3 is 2.48 bits per heavy atom. The van der Waals surface area contributed by atoms with Gasteiger partial charge in [-0.2, -0.15) is 0 Å². The zero-order valence-electron chi connectivity index (χ0n) is 14.3. The van der Waals surface area contributed by atoms with E-state index in [1.54, 1.807) is 21.0 Å². The van der Waals surface area contributed by atoms with Gasteiger partial charge in [-0.05, 0) is 33.3 Å². The molecule has 0 radical (unpaired) electrons. The van der Waals surface area contributed by atoms with Crippen LogP contribution in [0.3, 0.4) is 0 Å². The van der Waals surface area contributed by atoms with Crippen LogP contribution in [-0.2, 0) is 4.74 Å². The lowest BCUT2D eigenvalue weighted by molar-refractivity contribution is 0.0695. The maximum absolute atomic E-state index is 12.5. The van der Waals surface area contributed by atoms with Crippen LogP contribution in [0.4, 0.5) is 0 Å². The number of carbonyl (C=O) groups is 2. The topological polar surface area (TPSA) is 94.7 Å². The summed E-state index contributed by atoms with van der Waals surface area (Å²) >= 11 is 0. The van der Waals surface area contributed by atoms with Crippen LogP contribution in [-0.4, -0.2) is 65.3 Å². The van der Waals surface area contributed by atoms with Crippen molar-refractivity contribution in [3.05, 3.63) is 22.5 Å². The molecule has 1 fully saturated rings. The molecule has 2 heterocycles. The highest BCUT2D eigenvalue weighted by atomic mass is 16.5. The maximum atomic E-state index is 12.5. The number of aromatic carboxylic acids is 1. The van der Waals surface area contributed by atoms with Crippen molar-refractivity contribution in [2.75, 3.05) is 20.2 Å². The number of hydrogen-bond donors (Lipinski definition) is 3. The van der Waals surface area contributed by atoms with Crippen LogP contribution in [0.2, 0.25) is 0 Å². The molecule has 0 aliphatic carbocycles. The lowest BCUT2D eigenvalue weighted by atomic mass is 10.1. The maximum Gasteiger partial charge on any atom is 0.337 e. The second kappa shape index (κ2) is 6.72. The third kappa shape index (κ3) is 3.40. The Balaban J connectivity index is 2.16. The molecule has 0 bridgehead atoms. The monoisotopic (exact) mass is 323 g/mol. The van der Waals surface area contributed by atoms with E-state index in [0.29, 0.717) is 29.5 Å². The van der Waals surface area contributed by atoms with E-state index in [1.807, 2.05) is 0 Å². The minimum atomic E-state index is -1.03. The van der Waals surface area contributed by atoms with Crippen molar-refractivity contribution in [3.63, 3.8) is 0 Å². The van der Waals surface area contributed by atoms with E-state index in [2.05, 4.69) is 29.0 Å². The summed E-state index contributed by atoms with van der Waals surface area (Å²) in [5.41, 5.74) is 1.41. The Labute approximate surface area is 136 Å². The first kappa shape index (κ1) is 17.5. The SMILES string of the molecule is CO[C@@H]1CN(C(C)C)C[C@H]1NC(=O)c1[nH]c(C)c(C(=O)O)c1C. The molecule has 1 aliphatic heterocycles. The van der Waals surface area contributed by atoms with Crippen LogP contribution in [0.15, 0.2) is 0 Å². The van der Waals surface area contributed by atoms with Crippen LogP contribution < -0.4 is 5.32 Å². The van der Waals surface area contributed by atoms with Crippen molar-refractivity contribution in [3.8, 4) is 0 Å². The normalized spacial score (nSPS) is 21.8. The van der Waals surface area contributed by atoms with E-state index in [1.165, 1.54) is 0 Å². The molecule has 0 saturated carbocycles. The Bertz CT molecular complexity index is 609. The van der Waals surface area contributed by atoms with Gasteiger partial charge >= 0.3 is 5.97 Å². The quantitative estimate of drug-likeness (QED) is 0.756. The fraction of sp³-hybridized carbons (Fsp3) is 0.625. The van der Waals surface area contributed by atoms with Crippen molar-refractivity contribution >= 4 is 11.9 Å². The number of hydrogen-bond acceptors (Lipinski definition) is 4. The standard InChI is InChI=1S/C16H25N3O4/c1-8(2)19-6-11(12(7-19)23-5)18-15(20)14-9(3)13(16(21)22)10(4)17-14/h8,11-12,17H,6-7H2,1-5H3,(H,18,20)(H,21,22)/t11-,12-/m1/s1. The lowest BCUT2D eigenvalue weighted by Gasteiger charge is -2.20. The molecule has 2 rings (SSSR count). The number of aromatic amines is 1. The molecule has 2 atom stereocenters. The average molecular weight is 323 g/mol. The number of aryl methyl sites for hydroxylation is 1. The summed E-state index contributed by atoms with van der Waals surface area (Å²) in [5, 5.41) is 12.2.